The SMILES string of the molecule is O=C(O)CNc1ccccc1.O=C(O)[C@@H]1CCCN1. The summed E-state index contributed by atoms with van der Waals surface area (Å²) in [4.78, 5) is 20.2. The summed E-state index contributed by atoms with van der Waals surface area (Å²) in [5.74, 6) is -1.57. The zero-order valence-corrected chi connectivity index (χ0v) is 10.5. The zero-order valence-electron chi connectivity index (χ0n) is 10.5. The van der Waals surface area contributed by atoms with E-state index in [9.17, 15) is 9.59 Å². The fraction of sp³-hybridized carbons (Fsp3) is 0.385. The molecule has 0 aliphatic carbocycles. The molecule has 1 heterocycles. The van der Waals surface area contributed by atoms with Crippen molar-refractivity contribution >= 4 is 17.6 Å². The van der Waals surface area contributed by atoms with Crippen molar-refractivity contribution < 1.29 is 19.8 Å². The minimum atomic E-state index is -0.853. The van der Waals surface area contributed by atoms with Crippen LogP contribution < -0.4 is 10.6 Å². The number of benzene rings is 1. The molecule has 1 fully saturated rings. The molecule has 1 aromatic carbocycles. The Labute approximate surface area is 111 Å². The van der Waals surface area contributed by atoms with Gasteiger partial charge < -0.3 is 20.8 Å². The smallest absolute Gasteiger partial charge is 0.322 e. The van der Waals surface area contributed by atoms with E-state index in [1.165, 1.54) is 0 Å². The third-order valence-electron chi connectivity index (χ3n) is 2.58. The molecule has 0 aromatic heterocycles. The number of hydrogen-bond donors (Lipinski definition) is 4. The molecule has 2 rings (SSSR count). The number of carbonyl (C=O) groups is 2. The van der Waals surface area contributed by atoms with Crippen LogP contribution in [0.3, 0.4) is 0 Å². The van der Waals surface area contributed by atoms with Gasteiger partial charge in [-0.1, -0.05) is 18.2 Å². The monoisotopic (exact) mass is 266 g/mol. The third kappa shape index (κ3) is 6.42. The van der Waals surface area contributed by atoms with E-state index >= 15 is 0 Å². The fourth-order valence-electron chi connectivity index (χ4n) is 1.63. The van der Waals surface area contributed by atoms with Gasteiger partial charge >= 0.3 is 11.9 Å². The summed E-state index contributed by atoms with van der Waals surface area (Å²) < 4.78 is 0. The maximum Gasteiger partial charge on any atom is 0.322 e. The highest BCUT2D eigenvalue weighted by molar-refractivity contribution is 5.73. The molecule has 0 spiro atoms. The number of anilines is 1. The molecule has 4 N–H and O–H groups in total. The largest absolute Gasteiger partial charge is 0.480 e. The Balaban J connectivity index is 0.000000200. The van der Waals surface area contributed by atoms with Crippen LogP contribution in [-0.4, -0.2) is 41.3 Å². The molecular formula is C13H18N2O4. The van der Waals surface area contributed by atoms with Gasteiger partial charge in [0.25, 0.3) is 0 Å². The van der Waals surface area contributed by atoms with Crippen molar-refractivity contribution in [1.29, 1.82) is 0 Å². The molecule has 0 saturated carbocycles. The Bertz CT molecular complexity index is 402. The second-order valence-corrected chi connectivity index (χ2v) is 4.10. The minimum absolute atomic E-state index is 0.0377. The van der Waals surface area contributed by atoms with Gasteiger partial charge in [0.15, 0.2) is 0 Å². The van der Waals surface area contributed by atoms with Crippen molar-refractivity contribution in [2.75, 3.05) is 18.4 Å². The van der Waals surface area contributed by atoms with Crippen LogP contribution in [0, 0.1) is 0 Å². The summed E-state index contributed by atoms with van der Waals surface area (Å²) in [6, 6.07) is 8.96. The predicted molar refractivity (Wildman–Crippen MR) is 71.2 cm³/mol. The maximum atomic E-state index is 10.1. The molecule has 1 atom stereocenters. The Morgan fingerprint density at radius 3 is 2.37 bits per heavy atom. The third-order valence-corrected chi connectivity index (χ3v) is 2.58. The number of rotatable bonds is 4. The average molecular weight is 266 g/mol. The number of para-hydroxylation sites is 1. The molecule has 0 amide bonds. The summed E-state index contributed by atoms with van der Waals surface area (Å²) in [7, 11) is 0. The van der Waals surface area contributed by atoms with Gasteiger partial charge in [0.2, 0.25) is 0 Å². The molecule has 1 saturated heterocycles. The lowest BCUT2D eigenvalue weighted by Crippen LogP contribution is -2.29. The van der Waals surface area contributed by atoms with Crippen LogP contribution in [0.4, 0.5) is 5.69 Å². The van der Waals surface area contributed by atoms with Gasteiger partial charge in [0.05, 0.1) is 0 Å². The van der Waals surface area contributed by atoms with Gasteiger partial charge in [-0.2, -0.15) is 0 Å². The van der Waals surface area contributed by atoms with Crippen LogP contribution in [0.15, 0.2) is 30.3 Å². The van der Waals surface area contributed by atoms with Crippen molar-refractivity contribution in [2.24, 2.45) is 0 Å². The second kappa shape index (κ2) is 8.10. The van der Waals surface area contributed by atoms with Crippen LogP contribution in [0.5, 0.6) is 0 Å². The molecule has 1 aromatic rings. The quantitative estimate of drug-likeness (QED) is 0.649. The molecule has 6 nitrogen and oxygen atoms in total. The van der Waals surface area contributed by atoms with E-state index in [1.54, 1.807) is 0 Å². The second-order valence-electron chi connectivity index (χ2n) is 4.10. The Morgan fingerprint density at radius 2 is 1.95 bits per heavy atom. The highest BCUT2D eigenvalue weighted by atomic mass is 16.4. The number of carboxylic acids is 2. The van der Waals surface area contributed by atoms with Crippen molar-refractivity contribution in [2.45, 2.75) is 18.9 Å². The topological polar surface area (TPSA) is 98.7 Å². The number of hydrogen-bond acceptors (Lipinski definition) is 4. The molecule has 1 aliphatic rings. The molecular weight excluding hydrogens is 248 g/mol. The summed E-state index contributed by atoms with van der Waals surface area (Å²) >= 11 is 0. The Hall–Kier alpha value is -2.08. The number of nitrogens with one attached hydrogen (secondary N) is 2. The normalized spacial score (nSPS) is 17.2. The first-order valence-electron chi connectivity index (χ1n) is 6.06. The first kappa shape index (κ1) is 15.0. The molecule has 104 valence electrons. The first-order chi connectivity index (χ1) is 9.09. The van der Waals surface area contributed by atoms with E-state index in [2.05, 4.69) is 10.6 Å². The lowest BCUT2D eigenvalue weighted by atomic mass is 10.2. The van der Waals surface area contributed by atoms with Crippen molar-refractivity contribution in [3.05, 3.63) is 30.3 Å². The zero-order chi connectivity index (χ0) is 14.1. The van der Waals surface area contributed by atoms with Crippen LogP contribution in [0.1, 0.15) is 12.8 Å². The maximum absolute atomic E-state index is 10.1. The van der Waals surface area contributed by atoms with Crippen LogP contribution in [0.25, 0.3) is 0 Å². The van der Waals surface area contributed by atoms with E-state index in [1.807, 2.05) is 30.3 Å². The van der Waals surface area contributed by atoms with E-state index < -0.39 is 11.9 Å². The van der Waals surface area contributed by atoms with Crippen molar-refractivity contribution in [3.8, 4) is 0 Å². The van der Waals surface area contributed by atoms with Crippen LogP contribution in [-0.2, 0) is 9.59 Å². The van der Waals surface area contributed by atoms with Crippen LogP contribution in [0.2, 0.25) is 0 Å². The lowest BCUT2D eigenvalue weighted by molar-refractivity contribution is -0.139. The first-order valence-corrected chi connectivity index (χ1v) is 6.06. The average Bonchev–Trinajstić information content (AvgIpc) is 2.92. The van der Waals surface area contributed by atoms with Gasteiger partial charge in [-0.25, -0.2) is 0 Å². The molecule has 1 aliphatic heterocycles. The number of aliphatic carboxylic acids is 2. The minimum Gasteiger partial charge on any atom is -0.480 e. The molecule has 0 radical (unpaired) electrons. The Morgan fingerprint density at radius 1 is 1.26 bits per heavy atom. The van der Waals surface area contributed by atoms with E-state index in [-0.39, 0.29) is 12.6 Å². The van der Waals surface area contributed by atoms with Crippen LogP contribution >= 0.6 is 0 Å². The Kier molecular flexibility index (Phi) is 6.38. The summed E-state index contributed by atoms with van der Waals surface area (Å²) in [5, 5.41) is 22.3. The van der Waals surface area contributed by atoms with Gasteiger partial charge in [-0.3, -0.25) is 9.59 Å². The highest BCUT2D eigenvalue weighted by Crippen LogP contribution is 2.04. The highest BCUT2D eigenvalue weighted by Gasteiger charge is 2.20. The summed E-state index contributed by atoms with van der Waals surface area (Å²) in [5.41, 5.74) is 0.829. The van der Waals surface area contributed by atoms with E-state index in [4.69, 9.17) is 10.2 Å². The molecule has 0 unspecified atom stereocenters. The lowest BCUT2D eigenvalue weighted by Gasteiger charge is -2.00. The van der Waals surface area contributed by atoms with E-state index in [0.29, 0.717) is 0 Å². The van der Waals surface area contributed by atoms with Gasteiger partial charge in [0, 0.05) is 5.69 Å². The van der Waals surface area contributed by atoms with Gasteiger partial charge in [-0.05, 0) is 31.5 Å². The standard InChI is InChI=1S/C8H9NO2.C5H9NO2/c10-8(11)6-9-7-4-2-1-3-5-7;7-5(8)4-2-1-3-6-4/h1-5,9H,6H2,(H,10,11);4,6H,1-3H2,(H,7,8)/t;4-/m.0/s1. The summed E-state index contributed by atoms with van der Waals surface area (Å²) in [6.45, 7) is 0.820. The summed E-state index contributed by atoms with van der Waals surface area (Å²) in [6.07, 6.45) is 1.78. The predicted octanol–water partition coefficient (Wildman–Crippen LogP) is 1.01. The van der Waals surface area contributed by atoms with Gasteiger partial charge in [0.1, 0.15) is 12.6 Å². The van der Waals surface area contributed by atoms with Crippen molar-refractivity contribution in [3.63, 3.8) is 0 Å². The molecule has 0 bridgehead atoms. The van der Waals surface area contributed by atoms with E-state index in [0.717, 1.165) is 25.1 Å². The molecule has 19 heavy (non-hydrogen) atoms. The molecule has 6 heteroatoms. The fourth-order valence-corrected chi connectivity index (χ4v) is 1.63. The number of carboxylic acid groups (broad SMARTS) is 2. The van der Waals surface area contributed by atoms with Crippen molar-refractivity contribution in [1.82, 2.24) is 5.32 Å². The van der Waals surface area contributed by atoms with Gasteiger partial charge in [-0.15, -0.1) is 0 Å².